The molecule has 0 atom stereocenters. The molecule has 0 aliphatic heterocycles. The van der Waals surface area contributed by atoms with E-state index in [1.54, 1.807) is 25.3 Å². The van der Waals surface area contributed by atoms with E-state index >= 15 is 0 Å². The summed E-state index contributed by atoms with van der Waals surface area (Å²) in [7, 11) is 0. The molecule has 134 valence electrons. The molecule has 24 heavy (non-hydrogen) atoms. The van der Waals surface area contributed by atoms with Crippen molar-refractivity contribution in [1.29, 1.82) is 0 Å². The average molecular weight is 334 g/mol. The van der Waals surface area contributed by atoms with Gasteiger partial charge in [-0.1, -0.05) is 26.8 Å². The SMILES string of the molecule is Cc1cccn(CC(=O)NCC2(O)CCC(C(C)(C)C)CC2)c1=O. The smallest absolute Gasteiger partial charge is 0.253 e. The van der Waals surface area contributed by atoms with Gasteiger partial charge in [-0.25, -0.2) is 0 Å². The molecule has 1 fully saturated rings. The number of carbonyl (C=O) groups excluding carboxylic acids is 1. The fourth-order valence-corrected chi connectivity index (χ4v) is 3.45. The molecule has 2 N–H and O–H groups in total. The lowest BCUT2D eigenvalue weighted by molar-refractivity contribution is -0.123. The lowest BCUT2D eigenvalue weighted by Crippen LogP contribution is -2.47. The summed E-state index contributed by atoms with van der Waals surface area (Å²) in [6.07, 6.45) is 4.98. The lowest BCUT2D eigenvalue weighted by Gasteiger charge is -2.41. The van der Waals surface area contributed by atoms with E-state index in [-0.39, 0.29) is 30.0 Å². The first-order valence-electron chi connectivity index (χ1n) is 8.76. The molecule has 0 saturated heterocycles. The van der Waals surface area contributed by atoms with Crippen LogP contribution < -0.4 is 10.9 Å². The molecular weight excluding hydrogens is 304 g/mol. The highest BCUT2D eigenvalue weighted by Crippen LogP contribution is 2.41. The number of rotatable bonds is 4. The molecule has 5 nitrogen and oxygen atoms in total. The van der Waals surface area contributed by atoms with Crippen molar-refractivity contribution in [2.24, 2.45) is 11.3 Å². The van der Waals surface area contributed by atoms with E-state index in [0.29, 0.717) is 24.3 Å². The van der Waals surface area contributed by atoms with Crippen LogP contribution in [0.5, 0.6) is 0 Å². The van der Waals surface area contributed by atoms with Gasteiger partial charge in [-0.05, 0) is 50.0 Å². The number of aryl methyl sites for hydroxylation is 1. The Kier molecular flexibility index (Phi) is 5.53. The second-order valence-corrected chi connectivity index (χ2v) is 8.27. The van der Waals surface area contributed by atoms with Gasteiger partial charge in [0, 0.05) is 18.3 Å². The third-order valence-corrected chi connectivity index (χ3v) is 5.28. The Morgan fingerprint density at radius 3 is 2.58 bits per heavy atom. The van der Waals surface area contributed by atoms with E-state index < -0.39 is 5.60 Å². The second kappa shape index (κ2) is 7.09. The minimum absolute atomic E-state index is 0.0127. The fraction of sp³-hybridized carbons (Fsp3) is 0.684. The maximum absolute atomic E-state index is 12.1. The number of hydrogen-bond donors (Lipinski definition) is 2. The third-order valence-electron chi connectivity index (χ3n) is 5.28. The molecule has 0 radical (unpaired) electrons. The first kappa shape index (κ1) is 18.7. The van der Waals surface area contributed by atoms with Crippen LogP contribution in [0.3, 0.4) is 0 Å². The lowest BCUT2D eigenvalue weighted by atomic mass is 9.68. The molecule has 1 aromatic rings. The Bertz CT molecular complexity index is 635. The van der Waals surface area contributed by atoms with Crippen molar-refractivity contribution in [2.45, 2.75) is 65.5 Å². The molecule has 0 bridgehead atoms. The third kappa shape index (κ3) is 4.69. The number of aliphatic hydroxyl groups is 1. The van der Waals surface area contributed by atoms with Crippen LogP contribution in [0.15, 0.2) is 23.1 Å². The van der Waals surface area contributed by atoms with Crippen molar-refractivity contribution in [1.82, 2.24) is 9.88 Å². The highest BCUT2D eigenvalue weighted by molar-refractivity contribution is 5.75. The number of nitrogens with one attached hydrogen (secondary N) is 1. The summed E-state index contributed by atoms with van der Waals surface area (Å²) in [6, 6.07) is 3.48. The van der Waals surface area contributed by atoms with Gasteiger partial charge in [0.05, 0.1) is 5.60 Å². The zero-order valence-corrected chi connectivity index (χ0v) is 15.3. The Morgan fingerprint density at radius 2 is 2.00 bits per heavy atom. The number of hydrogen-bond acceptors (Lipinski definition) is 3. The normalized spacial score (nSPS) is 24.6. The van der Waals surface area contributed by atoms with Gasteiger partial charge in [-0.2, -0.15) is 0 Å². The second-order valence-electron chi connectivity index (χ2n) is 8.27. The van der Waals surface area contributed by atoms with Gasteiger partial charge in [-0.15, -0.1) is 0 Å². The van der Waals surface area contributed by atoms with Crippen molar-refractivity contribution in [3.05, 3.63) is 34.2 Å². The van der Waals surface area contributed by atoms with Crippen molar-refractivity contribution in [3.8, 4) is 0 Å². The predicted molar refractivity (Wildman–Crippen MR) is 94.8 cm³/mol. The first-order chi connectivity index (χ1) is 11.1. The van der Waals surface area contributed by atoms with Crippen molar-refractivity contribution in [2.75, 3.05) is 6.54 Å². The van der Waals surface area contributed by atoms with E-state index in [1.807, 2.05) is 0 Å². The number of pyridine rings is 1. The van der Waals surface area contributed by atoms with Gasteiger partial charge in [0.25, 0.3) is 5.56 Å². The largest absolute Gasteiger partial charge is 0.388 e. The summed E-state index contributed by atoms with van der Waals surface area (Å²) >= 11 is 0. The highest BCUT2D eigenvalue weighted by atomic mass is 16.3. The summed E-state index contributed by atoms with van der Waals surface area (Å²) in [5.41, 5.74) is -0.104. The Morgan fingerprint density at radius 1 is 1.38 bits per heavy atom. The average Bonchev–Trinajstić information content (AvgIpc) is 2.49. The molecule has 0 aromatic carbocycles. The molecule has 1 amide bonds. The Labute approximate surface area is 144 Å². The van der Waals surface area contributed by atoms with E-state index in [9.17, 15) is 14.7 Å². The van der Waals surface area contributed by atoms with Crippen LogP contribution in [0.4, 0.5) is 0 Å². The van der Waals surface area contributed by atoms with E-state index in [2.05, 4.69) is 26.1 Å². The van der Waals surface area contributed by atoms with E-state index in [4.69, 9.17) is 0 Å². The molecule has 2 rings (SSSR count). The molecular formula is C19H30N2O3. The van der Waals surface area contributed by atoms with Crippen molar-refractivity contribution in [3.63, 3.8) is 0 Å². The maximum atomic E-state index is 12.1. The molecule has 1 aromatic heterocycles. The molecule has 1 heterocycles. The van der Waals surface area contributed by atoms with Crippen LogP contribution in [-0.4, -0.2) is 27.7 Å². The van der Waals surface area contributed by atoms with Gasteiger partial charge in [0.1, 0.15) is 6.54 Å². The molecule has 5 heteroatoms. The predicted octanol–water partition coefficient (Wildman–Crippen LogP) is 2.24. The van der Waals surface area contributed by atoms with Crippen LogP contribution >= 0.6 is 0 Å². The minimum Gasteiger partial charge on any atom is -0.388 e. The Balaban J connectivity index is 1.86. The minimum atomic E-state index is -0.824. The van der Waals surface area contributed by atoms with Crippen molar-refractivity contribution >= 4 is 5.91 Å². The number of carbonyl (C=O) groups is 1. The van der Waals surface area contributed by atoms with Gasteiger partial charge in [0.2, 0.25) is 5.91 Å². The molecule has 1 aliphatic carbocycles. The monoisotopic (exact) mass is 334 g/mol. The van der Waals surface area contributed by atoms with Crippen molar-refractivity contribution < 1.29 is 9.90 Å². The van der Waals surface area contributed by atoms with Crippen LogP contribution in [0, 0.1) is 18.3 Å². The van der Waals surface area contributed by atoms with Crippen LogP contribution in [-0.2, 0) is 11.3 Å². The van der Waals surface area contributed by atoms with Crippen LogP contribution in [0.1, 0.15) is 52.0 Å². The summed E-state index contributed by atoms with van der Waals surface area (Å²) in [5.74, 6) is 0.369. The molecule has 0 spiro atoms. The van der Waals surface area contributed by atoms with Crippen LogP contribution in [0.25, 0.3) is 0 Å². The quantitative estimate of drug-likeness (QED) is 0.887. The number of aromatic nitrogens is 1. The summed E-state index contributed by atoms with van der Waals surface area (Å²) in [6.45, 7) is 8.69. The molecule has 1 saturated carbocycles. The summed E-state index contributed by atoms with van der Waals surface area (Å²) in [5, 5.41) is 13.5. The van der Waals surface area contributed by atoms with Gasteiger partial charge < -0.3 is 15.0 Å². The number of nitrogens with zero attached hydrogens (tertiary/aromatic N) is 1. The van der Waals surface area contributed by atoms with Gasteiger partial charge in [0.15, 0.2) is 0 Å². The standard InChI is InChI=1S/C19H30N2O3/c1-14-6-5-11-21(17(14)23)12-16(22)20-13-19(24)9-7-15(8-10-19)18(2,3)4/h5-6,11,15,24H,7-10,12-13H2,1-4H3,(H,20,22). The zero-order valence-electron chi connectivity index (χ0n) is 15.3. The van der Waals surface area contributed by atoms with Gasteiger partial charge in [-0.3, -0.25) is 9.59 Å². The van der Waals surface area contributed by atoms with E-state index in [0.717, 1.165) is 12.8 Å². The van der Waals surface area contributed by atoms with Crippen LogP contribution in [0.2, 0.25) is 0 Å². The molecule has 1 aliphatic rings. The van der Waals surface area contributed by atoms with Gasteiger partial charge >= 0.3 is 0 Å². The number of amides is 1. The zero-order chi connectivity index (χ0) is 18.0. The first-order valence-corrected chi connectivity index (χ1v) is 8.76. The highest BCUT2D eigenvalue weighted by Gasteiger charge is 2.37. The van der Waals surface area contributed by atoms with E-state index in [1.165, 1.54) is 4.57 Å². The summed E-state index contributed by atoms with van der Waals surface area (Å²) < 4.78 is 1.39. The topological polar surface area (TPSA) is 71.3 Å². The summed E-state index contributed by atoms with van der Waals surface area (Å²) in [4.78, 5) is 24.0. The molecule has 0 unspecified atom stereocenters. The Hall–Kier alpha value is -1.62. The fourth-order valence-electron chi connectivity index (χ4n) is 3.45. The maximum Gasteiger partial charge on any atom is 0.253 e.